The molecule has 0 atom stereocenters. The van der Waals surface area contributed by atoms with Gasteiger partial charge in [-0.2, -0.15) is 0 Å². The lowest BCUT2D eigenvalue weighted by atomic mass is 9.92. The van der Waals surface area contributed by atoms with E-state index in [4.69, 9.17) is 19.7 Å². The maximum absolute atomic E-state index is 14.1. The summed E-state index contributed by atoms with van der Waals surface area (Å²) in [6.45, 7) is 12.9. The molecule has 11 heteroatoms. The van der Waals surface area contributed by atoms with E-state index in [2.05, 4.69) is 140 Å². The highest BCUT2D eigenvalue weighted by molar-refractivity contribution is 6.05. The summed E-state index contributed by atoms with van der Waals surface area (Å²) in [6, 6.07) is 56.0. The number of carbonyl (C=O) groups is 2. The van der Waals surface area contributed by atoms with E-state index in [-0.39, 0.29) is 5.91 Å². The molecule has 0 saturated carbocycles. The highest BCUT2D eigenvalue weighted by atomic mass is 16.5. The number of pyridine rings is 3. The quantitative estimate of drug-likeness (QED) is 0.115. The number of methoxy groups -OCH3 is 1. The predicted octanol–water partition coefficient (Wildman–Crippen LogP) is 17.4. The molecule has 0 spiro atoms. The van der Waals surface area contributed by atoms with Crippen LogP contribution in [0.3, 0.4) is 0 Å². The van der Waals surface area contributed by atoms with Gasteiger partial charge in [0.2, 0.25) is 0 Å². The number of aryl methyl sites for hydroxylation is 6. The summed E-state index contributed by atoms with van der Waals surface area (Å²) in [6.07, 6.45) is 11.9. The second-order valence-corrected chi connectivity index (χ2v) is 21.8. The molecule has 11 aromatic rings. The average Bonchev–Trinajstić information content (AvgIpc) is 3.87. The van der Waals surface area contributed by atoms with Crippen LogP contribution in [0.1, 0.15) is 76.9 Å². The standard InChI is InChI=1S/C74H58N8O3/c1-42-36-44(3)67(45(4)37-42)71-61-30-26-57(78-61)69(49-16-20-52(21-17-49)74(84)85-7)58-27-31-62(79-58)72(68-46(5)38-43(2)39-47(68)6)64-33-29-60(81-64)70(59-28-32-63(71)80-59)50-22-24-54(25-23-50)77-73(83)51-18-14-48(15-19-51)53-40-65(55-12-8-10-34-75-55)82-66(41-53)56-13-9-11-35-76-56/h8-41,78,81H,1-7H3,(H,77,83). The van der Waals surface area contributed by atoms with Crippen LogP contribution in [0.2, 0.25) is 0 Å². The summed E-state index contributed by atoms with van der Waals surface area (Å²) >= 11 is 0. The first kappa shape index (κ1) is 53.4. The number of nitrogens with one attached hydrogen (secondary N) is 3. The summed E-state index contributed by atoms with van der Waals surface area (Å²) in [4.78, 5) is 59.7. The summed E-state index contributed by atoms with van der Waals surface area (Å²) in [7, 11) is 1.39. The molecule has 0 unspecified atom stereocenters. The largest absolute Gasteiger partial charge is 0.465 e. The lowest BCUT2D eigenvalue weighted by molar-refractivity contribution is 0.0600. The van der Waals surface area contributed by atoms with E-state index in [1.807, 2.05) is 109 Å². The molecule has 412 valence electrons. The maximum Gasteiger partial charge on any atom is 0.337 e. The number of nitrogens with zero attached hydrogens (tertiary/aromatic N) is 5. The monoisotopic (exact) mass is 1110 g/mol. The van der Waals surface area contributed by atoms with Crippen molar-refractivity contribution in [2.75, 3.05) is 12.4 Å². The van der Waals surface area contributed by atoms with Crippen molar-refractivity contribution in [2.45, 2.75) is 41.5 Å². The summed E-state index contributed by atoms with van der Waals surface area (Å²) in [5.74, 6) is -0.641. The van der Waals surface area contributed by atoms with Crippen LogP contribution in [-0.2, 0) is 4.74 Å². The van der Waals surface area contributed by atoms with Crippen LogP contribution in [-0.4, -0.2) is 53.9 Å². The highest BCUT2D eigenvalue weighted by Crippen LogP contribution is 2.42. The van der Waals surface area contributed by atoms with E-state index < -0.39 is 5.97 Å². The average molecular weight is 1110 g/mol. The SMILES string of the molecule is COC(=O)c1ccc(-c2c3nc(c(-c4c(C)cc(C)cc4C)c4ccc([nH]4)c(-c4ccc(NC(=O)c5ccc(-c6cc(-c7ccccn7)nc(-c7ccccn7)c6)cc5)cc4)c4nc(c(-c5c(C)cc(C)cc5C)c5ccc2[nH]5)C=C4)C=C3)cc1. The first-order valence-corrected chi connectivity index (χ1v) is 28.2. The minimum Gasteiger partial charge on any atom is -0.465 e. The van der Waals surface area contributed by atoms with E-state index in [9.17, 15) is 9.59 Å². The number of H-pyrrole nitrogens is 2. The predicted molar refractivity (Wildman–Crippen MR) is 344 cm³/mol. The van der Waals surface area contributed by atoms with Crippen molar-refractivity contribution < 1.29 is 14.3 Å². The third-order valence-electron chi connectivity index (χ3n) is 15.8. The lowest BCUT2D eigenvalue weighted by Crippen LogP contribution is -2.11. The molecule has 5 aromatic carbocycles. The fourth-order valence-electron chi connectivity index (χ4n) is 12.1. The van der Waals surface area contributed by atoms with E-state index in [1.54, 1.807) is 24.5 Å². The van der Waals surface area contributed by atoms with Gasteiger partial charge in [-0.1, -0.05) is 83.9 Å². The minimum absolute atomic E-state index is 0.237. The van der Waals surface area contributed by atoms with Gasteiger partial charge in [0.25, 0.3) is 5.91 Å². The van der Waals surface area contributed by atoms with Gasteiger partial charge in [-0.3, -0.25) is 14.8 Å². The van der Waals surface area contributed by atoms with Crippen LogP contribution in [0, 0.1) is 41.5 Å². The molecule has 8 bridgehead atoms. The minimum atomic E-state index is -0.403. The first-order valence-electron chi connectivity index (χ1n) is 28.2. The number of ether oxygens (including phenoxy) is 1. The zero-order valence-electron chi connectivity index (χ0n) is 48.1. The second-order valence-electron chi connectivity index (χ2n) is 21.8. The molecule has 0 radical (unpaired) electrons. The Hall–Kier alpha value is -10.9. The Kier molecular flexibility index (Phi) is 13.9. The molecule has 1 amide bonds. The van der Waals surface area contributed by atoms with Crippen molar-refractivity contribution >= 4 is 63.9 Å². The first-order chi connectivity index (χ1) is 41.3. The number of esters is 1. The Bertz CT molecular complexity index is 4570. The molecular weight excluding hydrogens is 1050 g/mol. The Labute approximate surface area is 492 Å². The topological polar surface area (TPSA) is 151 Å². The van der Waals surface area contributed by atoms with E-state index in [0.29, 0.717) is 16.8 Å². The number of amides is 1. The van der Waals surface area contributed by atoms with Crippen LogP contribution < -0.4 is 5.32 Å². The van der Waals surface area contributed by atoms with E-state index >= 15 is 0 Å². The normalized spacial score (nSPS) is 11.7. The van der Waals surface area contributed by atoms with Crippen LogP contribution in [0.25, 0.3) is 125 Å². The van der Waals surface area contributed by atoms with Crippen molar-refractivity contribution in [1.29, 1.82) is 0 Å². The third-order valence-corrected chi connectivity index (χ3v) is 15.8. The van der Waals surface area contributed by atoms with Crippen molar-refractivity contribution in [3.8, 4) is 78.4 Å². The van der Waals surface area contributed by atoms with E-state index in [1.165, 1.54) is 18.2 Å². The number of anilines is 1. The molecule has 2 aliphatic heterocycles. The number of fused-ring (bicyclic) bond motifs is 8. The fraction of sp³-hybridized carbons (Fsp3) is 0.0946. The van der Waals surface area contributed by atoms with Crippen molar-refractivity contribution in [2.24, 2.45) is 0 Å². The second kappa shape index (κ2) is 22.1. The Morgan fingerprint density at radius 2 is 0.788 bits per heavy atom. The highest BCUT2D eigenvalue weighted by Gasteiger charge is 2.23. The van der Waals surface area contributed by atoms with E-state index in [0.717, 1.165) is 146 Å². The van der Waals surface area contributed by atoms with Crippen LogP contribution >= 0.6 is 0 Å². The molecule has 3 N–H and O–H groups in total. The summed E-state index contributed by atoms with van der Waals surface area (Å²) < 4.78 is 5.09. The molecule has 8 heterocycles. The lowest BCUT2D eigenvalue weighted by Gasteiger charge is -2.13. The maximum atomic E-state index is 14.1. The molecule has 85 heavy (non-hydrogen) atoms. The molecule has 13 rings (SSSR count). The molecule has 0 saturated heterocycles. The van der Waals surface area contributed by atoms with Gasteiger partial charge >= 0.3 is 5.97 Å². The summed E-state index contributed by atoms with van der Waals surface area (Å²) in [5.41, 5.74) is 27.5. The molecule has 0 aliphatic carbocycles. The molecule has 11 nitrogen and oxygen atoms in total. The van der Waals surface area contributed by atoms with Gasteiger partial charge in [-0.05, 0) is 219 Å². The number of hydrogen-bond acceptors (Lipinski definition) is 8. The van der Waals surface area contributed by atoms with Crippen molar-refractivity contribution in [1.82, 2.24) is 34.9 Å². The molecular formula is C74H58N8O3. The smallest absolute Gasteiger partial charge is 0.337 e. The van der Waals surface area contributed by atoms with Gasteiger partial charge in [0.05, 0.1) is 58.2 Å². The van der Waals surface area contributed by atoms with Crippen LogP contribution in [0.15, 0.2) is 182 Å². The van der Waals surface area contributed by atoms with Gasteiger partial charge in [-0.25, -0.2) is 19.7 Å². The zero-order valence-corrected chi connectivity index (χ0v) is 48.1. The number of rotatable bonds is 10. The molecule has 6 aromatic heterocycles. The number of aromatic amines is 2. The van der Waals surface area contributed by atoms with Crippen LogP contribution in [0.5, 0.6) is 0 Å². The number of hydrogen-bond donors (Lipinski definition) is 3. The number of carbonyl (C=O) groups excluding carboxylic acids is 2. The Balaban J connectivity index is 0.949. The van der Waals surface area contributed by atoms with Gasteiger partial charge < -0.3 is 20.0 Å². The van der Waals surface area contributed by atoms with Gasteiger partial charge in [0.15, 0.2) is 0 Å². The van der Waals surface area contributed by atoms with Crippen LogP contribution in [0.4, 0.5) is 5.69 Å². The van der Waals surface area contributed by atoms with Gasteiger partial charge in [-0.15, -0.1) is 0 Å². The van der Waals surface area contributed by atoms with Crippen molar-refractivity contribution in [3.05, 3.63) is 250 Å². The fourth-order valence-corrected chi connectivity index (χ4v) is 12.1. The van der Waals surface area contributed by atoms with Crippen molar-refractivity contribution in [3.63, 3.8) is 0 Å². The molecule has 0 fully saturated rings. The molecule has 2 aliphatic rings. The Morgan fingerprint density at radius 3 is 1.21 bits per heavy atom. The summed E-state index contributed by atoms with van der Waals surface area (Å²) in [5, 5.41) is 3.16. The number of benzene rings is 5. The van der Waals surface area contributed by atoms with Gasteiger partial charge in [0, 0.05) is 68.0 Å². The van der Waals surface area contributed by atoms with Gasteiger partial charge in [0.1, 0.15) is 0 Å². The zero-order chi connectivity index (χ0) is 58.5. The number of aromatic nitrogens is 7. The third kappa shape index (κ3) is 10.3. The Morgan fingerprint density at radius 1 is 0.388 bits per heavy atom.